The Kier molecular flexibility index (Phi) is 5.84. The average Bonchev–Trinajstić information content (AvgIpc) is 2.94. The molecule has 2 heterocycles. The molecule has 0 radical (unpaired) electrons. The van der Waals surface area contributed by atoms with Crippen LogP contribution in [0.15, 0.2) is 35.5 Å². The molecule has 2 aromatic rings. The molecule has 8 nitrogen and oxygen atoms in total. The molecule has 4 atom stereocenters. The van der Waals surface area contributed by atoms with Gasteiger partial charge < -0.3 is 14.8 Å². The van der Waals surface area contributed by atoms with Gasteiger partial charge in [0.1, 0.15) is 6.10 Å². The number of nitrogens with two attached hydrogens (primary N) is 1. The molecule has 2 fully saturated rings. The summed E-state index contributed by atoms with van der Waals surface area (Å²) in [6.45, 7) is 1.27. The van der Waals surface area contributed by atoms with Crippen LogP contribution < -0.4 is 15.2 Å². The van der Waals surface area contributed by atoms with Crippen molar-refractivity contribution in [1.29, 1.82) is 0 Å². The van der Waals surface area contributed by atoms with Crippen molar-refractivity contribution < 1.29 is 44.6 Å². The van der Waals surface area contributed by atoms with E-state index in [-0.39, 0.29) is 17.7 Å². The number of sulfonamides is 1. The van der Waals surface area contributed by atoms with Crippen molar-refractivity contribution in [2.24, 2.45) is 10.6 Å². The van der Waals surface area contributed by atoms with E-state index in [0.717, 1.165) is 31.5 Å². The highest BCUT2D eigenvalue weighted by Gasteiger charge is 2.80. The molecule has 1 aliphatic heterocycles. The zero-order valence-corrected chi connectivity index (χ0v) is 19.1. The van der Waals surface area contributed by atoms with Crippen LogP contribution in [0, 0.1) is 17.0 Å². The Morgan fingerprint density at radius 1 is 1.26 bits per heavy atom. The lowest BCUT2D eigenvalue weighted by Gasteiger charge is -2.54. The number of alkyl halides is 3. The van der Waals surface area contributed by atoms with Gasteiger partial charge in [0, 0.05) is 34.8 Å². The molecule has 0 unspecified atom stereocenters. The van der Waals surface area contributed by atoms with Crippen molar-refractivity contribution in [3.63, 3.8) is 0 Å². The summed E-state index contributed by atoms with van der Waals surface area (Å²) < 4.78 is 105. The molecular weight excluding hydrogens is 501 g/mol. The predicted molar refractivity (Wildman–Crippen MR) is 111 cm³/mol. The number of primary sulfonamides is 1. The fourth-order valence-corrected chi connectivity index (χ4v) is 5.56. The molecule has 1 aromatic carbocycles. The Labute approximate surface area is 196 Å². The van der Waals surface area contributed by atoms with Gasteiger partial charge in [-0.3, -0.25) is 4.79 Å². The van der Waals surface area contributed by atoms with Gasteiger partial charge in [0.05, 0.1) is 7.11 Å². The van der Waals surface area contributed by atoms with E-state index in [1.807, 2.05) is 0 Å². The molecule has 4 rings (SSSR count). The van der Waals surface area contributed by atoms with E-state index >= 15 is 0 Å². The fourth-order valence-electron chi connectivity index (χ4n) is 5.06. The molecule has 1 amide bonds. The number of pyridine rings is 1. The minimum absolute atomic E-state index is 0.0199. The minimum Gasteiger partial charge on any atom is -0.493 e. The second-order valence-corrected chi connectivity index (χ2v) is 10.2. The second kappa shape index (κ2) is 8.10. The van der Waals surface area contributed by atoms with Crippen molar-refractivity contribution in [2.45, 2.75) is 48.6 Å². The zero-order chi connectivity index (χ0) is 26.0. The first-order valence-corrected chi connectivity index (χ1v) is 11.8. The monoisotopic (exact) mass is 521 g/mol. The first kappa shape index (κ1) is 25.3. The van der Waals surface area contributed by atoms with E-state index in [1.54, 1.807) is 0 Å². The van der Waals surface area contributed by atoms with Crippen LogP contribution in [0.3, 0.4) is 0 Å². The zero-order valence-electron chi connectivity index (χ0n) is 18.3. The summed E-state index contributed by atoms with van der Waals surface area (Å²) in [6, 6.07) is 3.92. The third-order valence-corrected chi connectivity index (χ3v) is 7.67. The molecule has 1 aliphatic carbocycles. The number of methoxy groups -OCH3 is 1. The molecule has 35 heavy (non-hydrogen) atoms. The summed E-state index contributed by atoms with van der Waals surface area (Å²) in [5.74, 6) is -5.78. The summed E-state index contributed by atoms with van der Waals surface area (Å²) in [6.07, 6.45) is -6.12. The maximum absolute atomic E-state index is 14.5. The van der Waals surface area contributed by atoms with Crippen LogP contribution in [0.1, 0.15) is 31.2 Å². The summed E-state index contributed by atoms with van der Waals surface area (Å²) in [7, 11) is -3.21. The topological polar surface area (TPSA) is 121 Å². The number of hydrogen-bond acceptors (Lipinski definition) is 6. The van der Waals surface area contributed by atoms with Crippen LogP contribution in [-0.4, -0.2) is 44.3 Å². The molecule has 2 aliphatic rings. The van der Waals surface area contributed by atoms with Crippen molar-refractivity contribution in [3.8, 4) is 5.75 Å². The number of aromatic nitrogens is 1. The maximum atomic E-state index is 14.5. The first-order valence-electron chi connectivity index (χ1n) is 10.2. The quantitative estimate of drug-likeness (QED) is 0.583. The number of benzene rings is 1. The SMILES string of the molecule is COc1c([C@H]2[C@H](C(=O)Nc3ccnc(S(N)(=O)=O)c3)O[C@]3(C(F)(F)F)CC[C@]23C)ccc(F)c1F. The molecule has 14 heteroatoms. The number of amides is 1. The Hall–Kier alpha value is -2.84. The lowest BCUT2D eigenvalue weighted by molar-refractivity contribution is -0.328. The molecule has 1 saturated carbocycles. The maximum Gasteiger partial charge on any atom is 0.418 e. The highest BCUT2D eigenvalue weighted by Crippen LogP contribution is 2.71. The Balaban J connectivity index is 1.81. The van der Waals surface area contributed by atoms with E-state index in [1.165, 1.54) is 13.0 Å². The Bertz CT molecular complexity index is 1300. The number of carbonyl (C=O) groups is 1. The molecule has 1 aromatic heterocycles. The van der Waals surface area contributed by atoms with Crippen LogP contribution in [0.25, 0.3) is 0 Å². The second-order valence-electron chi connectivity index (χ2n) is 8.66. The highest BCUT2D eigenvalue weighted by atomic mass is 32.2. The number of halogens is 5. The molecule has 0 bridgehead atoms. The first-order chi connectivity index (χ1) is 16.2. The largest absolute Gasteiger partial charge is 0.493 e. The number of nitrogens with one attached hydrogen (secondary N) is 1. The Morgan fingerprint density at radius 3 is 2.49 bits per heavy atom. The number of carbonyl (C=O) groups excluding carboxylic acids is 1. The van der Waals surface area contributed by atoms with E-state index in [4.69, 9.17) is 14.6 Å². The minimum atomic E-state index is -4.88. The van der Waals surface area contributed by atoms with Gasteiger partial charge in [-0.1, -0.05) is 13.0 Å². The van der Waals surface area contributed by atoms with Crippen LogP contribution in [0.2, 0.25) is 0 Å². The summed E-state index contributed by atoms with van der Waals surface area (Å²) in [5, 5.41) is 6.76. The van der Waals surface area contributed by atoms with E-state index in [0.29, 0.717) is 0 Å². The van der Waals surface area contributed by atoms with Gasteiger partial charge in [0.15, 0.2) is 22.2 Å². The third kappa shape index (κ3) is 3.74. The van der Waals surface area contributed by atoms with Gasteiger partial charge in [-0.25, -0.2) is 22.9 Å². The Morgan fingerprint density at radius 2 is 1.94 bits per heavy atom. The van der Waals surface area contributed by atoms with Gasteiger partial charge in [-0.2, -0.15) is 17.6 Å². The van der Waals surface area contributed by atoms with Crippen molar-refractivity contribution in [3.05, 3.63) is 47.7 Å². The average molecular weight is 521 g/mol. The van der Waals surface area contributed by atoms with Crippen molar-refractivity contribution in [1.82, 2.24) is 4.98 Å². The van der Waals surface area contributed by atoms with Crippen LogP contribution in [-0.2, 0) is 19.6 Å². The van der Waals surface area contributed by atoms with Gasteiger partial charge in [0.2, 0.25) is 5.82 Å². The van der Waals surface area contributed by atoms with E-state index in [2.05, 4.69) is 10.3 Å². The molecular formula is C21H20F5N3O5S. The summed E-state index contributed by atoms with van der Waals surface area (Å²) in [5.41, 5.74) is -4.72. The standard InChI is InChI=1S/C21H20F5N3O5S/c1-19-6-7-20(19,21(24,25)26)34-17(14(19)11-3-4-12(22)15(23)16(11)33-2)18(30)29-10-5-8-28-13(9-10)35(27,31)32/h3-5,8-9,14,17H,6-7H2,1-2H3,(H2,27,31,32)(H,28,29,30)/t14-,17+,19+,20+/m0/s1. The number of rotatable bonds is 5. The number of ether oxygens (including phenoxy) is 2. The molecule has 3 N–H and O–H groups in total. The molecule has 0 spiro atoms. The van der Waals surface area contributed by atoms with Crippen molar-refractivity contribution >= 4 is 21.6 Å². The summed E-state index contributed by atoms with van der Waals surface area (Å²) >= 11 is 0. The van der Waals surface area contributed by atoms with Crippen LogP contribution >= 0.6 is 0 Å². The van der Waals surface area contributed by atoms with Crippen LogP contribution in [0.4, 0.5) is 27.6 Å². The van der Waals surface area contributed by atoms with Crippen LogP contribution in [0.5, 0.6) is 5.75 Å². The lowest BCUT2D eigenvalue weighted by Crippen LogP contribution is -2.63. The number of nitrogens with zero attached hydrogens (tertiary/aromatic N) is 1. The summed E-state index contributed by atoms with van der Waals surface area (Å²) in [4.78, 5) is 16.8. The molecule has 1 saturated heterocycles. The van der Waals surface area contributed by atoms with Gasteiger partial charge >= 0.3 is 6.18 Å². The molecule has 190 valence electrons. The van der Waals surface area contributed by atoms with Gasteiger partial charge in [-0.15, -0.1) is 0 Å². The fraction of sp³-hybridized carbons (Fsp3) is 0.429. The van der Waals surface area contributed by atoms with E-state index < -0.39 is 74.0 Å². The number of hydrogen-bond donors (Lipinski definition) is 2. The number of anilines is 1. The van der Waals surface area contributed by atoms with Crippen molar-refractivity contribution in [2.75, 3.05) is 12.4 Å². The van der Waals surface area contributed by atoms with Gasteiger partial charge in [-0.05, 0) is 25.0 Å². The van der Waals surface area contributed by atoms with Gasteiger partial charge in [0.25, 0.3) is 15.9 Å². The normalized spacial score (nSPS) is 28.2. The third-order valence-electron chi connectivity index (χ3n) is 6.87. The smallest absolute Gasteiger partial charge is 0.418 e. The number of fused-ring (bicyclic) bond motifs is 1. The van der Waals surface area contributed by atoms with E-state index in [9.17, 15) is 35.2 Å². The lowest BCUT2D eigenvalue weighted by atomic mass is 9.51. The predicted octanol–water partition coefficient (Wildman–Crippen LogP) is 3.24. The highest BCUT2D eigenvalue weighted by molar-refractivity contribution is 7.89.